The number of nitrogens with two attached hydrogens (primary N) is 1. The van der Waals surface area contributed by atoms with E-state index in [-0.39, 0.29) is 30.0 Å². The predicted molar refractivity (Wildman–Crippen MR) is 149 cm³/mol. The van der Waals surface area contributed by atoms with Gasteiger partial charge in [0.2, 0.25) is 10.0 Å². The van der Waals surface area contributed by atoms with Crippen molar-refractivity contribution in [3.63, 3.8) is 0 Å². The number of para-hydroxylation sites is 1. The molecule has 2 aromatic rings. The molecule has 0 aliphatic rings. The summed E-state index contributed by atoms with van der Waals surface area (Å²) in [6.07, 6.45) is 1.05. The Kier molecular flexibility index (Phi) is 13.7. The van der Waals surface area contributed by atoms with E-state index in [2.05, 4.69) is 10.0 Å². The van der Waals surface area contributed by atoms with E-state index in [1.165, 1.54) is 0 Å². The van der Waals surface area contributed by atoms with Crippen molar-refractivity contribution in [1.82, 2.24) is 10.0 Å². The Balaban J connectivity index is 1.86. The highest BCUT2D eigenvalue weighted by atomic mass is 32.2. The minimum atomic E-state index is -3.62. The summed E-state index contributed by atoms with van der Waals surface area (Å²) < 4.78 is 38.1. The summed E-state index contributed by atoms with van der Waals surface area (Å²) >= 11 is 0. The Labute approximate surface area is 227 Å². The van der Waals surface area contributed by atoms with Gasteiger partial charge in [-0.1, -0.05) is 56.3 Å². The molecule has 5 N–H and O–H groups in total. The minimum absolute atomic E-state index is 0.0216. The molecule has 0 fully saturated rings. The molecule has 1 amide bonds. The first kappa shape index (κ1) is 31.7. The fourth-order valence-corrected chi connectivity index (χ4v) is 5.09. The van der Waals surface area contributed by atoms with Gasteiger partial charge >= 0.3 is 0 Å². The quantitative estimate of drug-likeness (QED) is 0.210. The second-order valence-corrected chi connectivity index (χ2v) is 11.6. The molecule has 0 heterocycles. The molecule has 3 atom stereocenters. The molecule has 0 bridgehead atoms. The van der Waals surface area contributed by atoms with Crippen molar-refractivity contribution in [2.45, 2.75) is 51.0 Å². The molecule has 2 rings (SSSR count). The summed E-state index contributed by atoms with van der Waals surface area (Å²) in [5, 5.41) is 13.5. The molecule has 0 aromatic heterocycles. The number of aliphatic hydroxyl groups is 1. The van der Waals surface area contributed by atoms with Crippen molar-refractivity contribution in [3.05, 3.63) is 65.7 Å². The maximum atomic E-state index is 12.9. The van der Waals surface area contributed by atoms with Gasteiger partial charge in [-0.3, -0.25) is 4.79 Å². The summed E-state index contributed by atoms with van der Waals surface area (Å²) in [6, 6.07) is 15.3. The van der Waals surface area contributed by atoms with E-state index in [1.54, 1.807) is 49.6 Å². The number of carbonyl (C=O) groups excluding carboxylic acids is 1. The molecule has 38 heavy (non-hydrogen) atoms. The van der Waals surface area contributed by atoms with Gasteiger partial charge in [0.15, 0.2) is 0 Å². The molecule has 0 aliphatic carbocycles. The molecule has 2 aromatic carbocycles. The number of nitrogens with one attached hydrogen (secondary N) is 2. The van der Waals surface area contributed by atoms with Crippen LogP contribution >= 0.6 is 0 Å². The van der Waals surface area contributed by atoms with Crippen LogP contribution in [0.1, 0.15) is 49.0 Å². The molecule has 3 unspecified atom stereocenters. The van der Waals surface area contributed by atoms with Crippen LogP contribution in [0.4, 0.5) is 0 Å². The van der Waals surface area contributed by atoms with E-state index < -0.39 is 22.2 Å². The lowest BCUT2D eigenvalue weighted by Gasteiger charge is -2.27. The van der Waals surface area contributed by atoms with Crippen LogP contribution in [0.5, 0.6) is 5.75 Å². The van der Waals surface area contributed by atoms with Crippen LogP contribution in [0.2, 0.25) is 0 Å². The Bertz CT molecular complexity index is 1070. The van der Waals surface area contributed by atoms with Gasteiger partial charge in [0.05, 0.1) is 24.0 Å². The van der Waals surface area contributed by atoms with E-state index in [0.717, 1.165) is 12.8 Å². The van der Waals surface area contributed by atoms with Crippen molar-refractivity contribution in [2.24, 2.45) is 17.6 Å². The first-order valence-electron chi connectivity index (χ1n) is 13.1. The maximum Gasteiger partial charge on any atom is 0.255 e. The molecule has 10 heteroatoms. The van der Waals surface area contributed by atoms with Gasteiger partial charge in [0.25, 0.3) is 5.91 Å². The number of unbranched alkanes of at least 4 members (excludes halogenated alkanes) is 1. The van der Waals surface area contributed by atoms with Crippen LogP contribution in [0, 0.1) is 11.8 Å². The Morgan fingerprint density at radius 2 is 1.66 bits per heavy atom. The number of methoxy groups -OCH3 is 1. The lowest BCUT2D eigenvalue weighted by Crippen LogP contribution is -2.46. The summed E-state index contributed by atoms with van der Waals surface area (Å²) in [4.78, 5) is 12.9. The number of amides is 1. The van der Waals surface area contributed by atoms with Crippen molar-refractivity contribution in [2.75, 3.05) is 33.4 Å². The molecular weight excluding hydrogens is 506 g/mol. The Morgan fingerprint density at radius 3 is 2.34 bits per heavy atom. The van der Waals surface area contributed by atoms with Gasteiger partial charge < -0.3 is 25.6 Å². The number of sulfonamides is 1. The Hall–Kier alpha value is -2.50. The third kappa shape index (κ3) is 11.5. The molecule has 0 spiro atoms. The van der Waals surface area contributed by atoms with Crippen molar-refractivity contribution >= 4 is 15.9 Å². The second-order valence-electron chi connectivity index (χ2n) is 9.82. The summed E-state index contributed by atoms with van der Waals surface area (Å²) in [5.41, 5.74) is 7.36. The molecule has 0 saturated carbocycles. The van der Waals surface area contributed by atoms with Crippen LogP contribution in [-0.2, 0) is 20.5 Å². The summed E-state index contributed by atoms with van der Waals surface area (Å²) in [5.74, 6) is 0.265. The summed E-state index contributed by atoms with van der Waals surface area (Å²) in [7, 11) is -1.96. The standard InChI is InChI=1S/C28H43N3O6S/c1-21(2)23(17-25(29)26(32)19-31-38(34,35)20-22-11-5-4-6-12-22)18-30-28(33)24-13-7-8-14-27(24)37-16-10-9-15-36-3/h4-8,11-14,21,23,25-26,31-32H,9-10,15-20,29H2,1-3H3,(H,30,33). The van der Waals surface area contributed by atoms with Gasteiger partial charge in [0.1, 0.15) is 5.75 Å². The van der Waals surface area contributed by atoms with Crippen LogP contribution in [-0.4, -0.2) is 65.0 Å². The number of aliphatic hydroxyl groups excluding tert-OH is 1. The average Bonchev–Trinajstić information content (AvgIpc) is 2.89. The molecular formula is C28H43N3O6S. The number of benzene rings is 2. The largest absolute Gasteiger partial charge is 0.493 e. The van der Waals surface area contributed by atoms with Gasteiger partial charge in [0, 0.05) is 32.8 Å². The van der Waals surface area contributed by atoms with Crippen LogP contribution in [0.25, 0.3) is 0 Å². The van der Waals surface area contributed by atoms with E-state index in [9.17, 15) is 18.3 Å². The minimum Gasteiger partial charge on any atom is -0.493 e. The van der Waals surface area contributed by atoms with E-state index in [0.29, 0.717) is 43.1 Å². The van der Waals surface area contributed by atoms with Crippen LogP contribution < -0.4 is 20.5 Å². The number of carbonyl (C=O) groups is 1. The van der Waals surface area contributed by atoms with Crippen molar-refractivity contribution in [1.29, 1.82) is 0 Å². The van der Waals surface area contributed by atoms with Gasteiger partial charge in [-0.25, -0.2) is 13.1 Å². The van der Waals surface area contributed by atoms with E-state index >= 15 is 0 Å². The third-order valence-corrected chi connectivity index (χ3v) is 7.70. The second kappa shape index (κ2) is 16.5. The monoisotopic (exact) mass is 549 g/mol. The highest BCUT2D eigenvalue weighted by molar-refractivity contribution is 7.88. The molecule has 0 aliphatic heterocycles. The number of ether oxygens (including phenoxy) is 2. The third-order valence-electron chi connectivity index (χ3n) is 6.38. The smallest absolute Gasteiger partial charge is 0.255 e. The fraction of sp³-hybridized carbons (Fsp3) is 0.536. The number of hydrogen-bond donors (Lipinski definition) is 4. The van der Waals surface area contributed by atoms with E-state index in [1.807, 2.05) is 26.0 Å². The normalized spacial score (nSPS) is 14.2. The topological polar surface area (TPSA) is 140 Å². The fourth-order valence-electron chi connectivity index (χ4n) is 3.94. The SMILES string of the molecule is COCCCCOc1ccccc1C(=O)NCC(CC(N)C(O)CNS(=O)(=O)Cc1ccccc1)C(C)C. The van der Waals surface area contributed by atoms with E-state index in [4.69, 9.17) is 15.2 Å². The zero-order valence-corrected chi connectivity index (χ0v) is 23.5. The van der Waals surface area contributed by atoms with Crippen molar-refractivity contribution in [3.8, 4) is 5.75 Å². The lowest BCUT2D eigenvalue weighted by molar-refractivity contribution is 0.0928. The van der Waals surface area contributed by atoms with Crippen LogP contribution in [0.3, 0.4) is 0 Å². The summed E-state index contributed by atoms with van der Waals surface area (Å²) in [6.45, 7) is 5.38. The van der Waals surface area contributed by atoms with Crippen molar-refractivity contribution < 1.29 is 27.8 Å². The zero-order valence-electron chi connectivity index (χ0n) is 22.6. The Morgan fingerprint density at radius 1 is 1.00 bits per heavy atom. The maximum absolute atomic E-state index is 12.9. The zero-order chi connectivity index (χ0) is 28.0. The molecule has 9 nitrogen and oxygen atoms in total. The van der Waals surface area contributed by atoms with Gasteiger partial charge in [-0.05, 0) is 48.8 Å². The predicted octanol–water partition coefficient (Wildman–Crippen LogP) is 2.69. The molecule has 0 saturated heterocycles. The van der Waals surface area contributed by atoms with Gasteiger partial charge in [-0.2, -0.15) is 0 Å². The molecule has 0 radical (unpaired) electrons. The number of rotatable bonds is 18. The first-order chi connectivity index (χ1) is 18.1. The highest BCUT2D eigenvalue weighted by Gasteiger charge is 2.25. The average molecular weight is 550 g/mol. The lowest BCUT2D eigenvalue weighted by atomic mass is 9.87. The number of hydrogen-bond acceptors (Lipinski definition) is 7. The van der Waals surface area contributed by atoms with Gasteiger partial charge in [-0.15, -0.1) is 0 Å². The highest BCUT2D eigenvalue weighted by Crippen LogP contribution is 2.20. The first-order valence-corrected chi connectivity index (χ1v) is 14.7. The molecule has 212 valence electrons. The van der Waals surface area contributed by atoms with Crippen LogP contribution in [0.15, 0.2) is 54.6 Å².